The Kier molecular flexibility index (Phi) is 5.26. The van der Waals surface area contributed by atoms with E-state index in [9.17, 15) is 14.0 Å². The molecule has 8 nitrogen and oxygen atoms in total. The minimum Gasteiger partial charge on any atom is -0.442 e. The molecule has 10 heteroatoms. The van der Waals surface area contributed by atoms with Crippen molar-refractivity contribution >= 4 is 51.7 Å². The van der Waals surface area contributed by atoms with Crippen molar-refractivity contribution in [2.45, 2.75) is 17.0 Å². The number of amides is 2. The van der Waals surface area contributed by atoms with Crippen LogP contribution in [0.2, 0.25) is 0 Å². The molecule has 174 valence electrons. The first kappa shape index (κ1) is 21.2. The fourth-order valence-electron chi connectivity index (χ4n) is 4.58. The normalized spacial score (nSPS) is 20.0. The van der Waals surface area contributed by atoms with E-state index < -0.39 is 6.09 Å². The SMILES string of the molecule is O=C1CSc2ccc(N3C[C@@H](CN(c4ccnc5ccc(F)cc45)C4CNC4)OC3=O)cc2N1. The van der Waals surface area contributed by atoms with E-state index in [1.807, 2.05) is 24.3 Å². The van der Waals surface area contributed by atoms with Crippen molar-refractivity contribution in [1.82, 2.24) is 10.3 Å². The molecule has 2 aromatic carbocycles. The van der Waals surface area contributed by atoms with Gasteiger partial charge in [-0.25, -0.2) is 9.18 Å². The summed E-state index contributed by atoms with van der Waals surface area (Å²) in [6, 6.07) is 12.3. The van der Waals surface area contributed by atoms with E-state index >= 15 is 0 Å². The molecule has 1 aromatic heterocycles. The molecule has 2 fully saturated rings. The Balaban J connectivity index is 1.26. The van der Waals surface area contributed by atoms with Gasteiger partial charge in [0.2, 0.25) is 5.91 Å². The molecule has 0 aliphatic carbocycles. The van der Waals surface area contributed by atoms with Gasteiger partial charge in [-0.15, -0.1) is 11.8 Å². The predicted molar refractivity (Wildman–Crippen MR) is 129 cm³/mol. The van der Waals surface area contributed by atoms with Crippen LogP contribution in [0.15, 0.2) is 53.6 Å². The number of ether oxygens (including phenoxy) is 1. The largest absolute Gasteiger partial charge is 0.442 e. The summed E-state index contributed by atoms with van der Waals surface area (Å²) < 4.78 is 19.8. The number of benzene rings is 2. The van der Waals surface area contributed by atoms with Crippen molar-refractivity contribution in [2.24, 2.45) is 0 Å². The van der Waals surface area contributed by atoms with E-state index in [4.69, 9.17) is 4.74 Å². The summed E-state index contributed by atoms with van der Waals surface area (Å²) in [4.78, 5) is 33.7. The number of aromatic nitrogens is 1. The zero-order valence-corrected chi connectivity index (χ0v) is 19.0. The zero-order chi connectivity index (χ0) is 23.2. The van der Waals surface area contributed by atoms with E-state index in [0.29, 0.717) is 30.2 Å². The van der Waals surface area contributed by atoms with Gasteiger partial charge in [-0.1, -0.05) is 0 Å². The highest BCUT2D eigenvalue weighted by atomic mass is 32.2. The van der Waals surface area contributed by atoms with Gasteiger partial charge in [0.25, 0.3) is 0 Å². The summed E-state index contributed by atoms with van der Waals surface area (Å²) in [7, 11) is 0. The van der Waals surface area contributed by atoms with Crippen LogP contribution in [0.4, 0.5) is 26.2 Å². The number of nitrogens with one attached hydrogen (secondary N) is 2. The topological polar surface area (TPSA) is 86.8 Å². The van der Waals surface area contributed by atoms with Gasteiger partial charge in [0.1, 0.15) is 11.9 Å². The van der Waals surface area contributed by atoms with E-state index in [-0.39, 0.29) is 23.9 Å². The van der Waals surface area contributed by atoms with Crippen LogP contribution in [0.25, 0.3) is 10.9 Å². The number of nitrogens with zero attached hydrogens (tertiary/aromatic N) is 3. The van der Waals surface area contributed by atoms with Gasteiger partial charge >= 0.3 is 6.09 Å². The molecular formula is C24H22FN5O3S. The van der Waals surface area contributed by atoms with Crippen molar-refractivity contribution in [2.75, 3.05) is 47.0 Å². The maximum Gasteiger partial charge on any atom is 0.414 e. The predicted octanol–water partition coefficient (Wildman–Crippen LogP) is 3.22. The van der Waals surface area contributed by atoms with E-state index in [2.05, 4.69) is 20.5 Å². The second-order valence-corrected chi connectivity index (χ2v) is 9.61. The van der Waals surface area contributed by atoms with Crippen LogP contribution in [0.1, 0.15) is 0 Å². The number of pyridine rings is 1. The van der Waals surface area contributed by atoms with Crippen molar-refractivity contribution < 1.29 is 18.7 Å². The lowest BCUT2D eigenvalue weighted by atomic mass is 10.1. The third kappa shape index (κ3) is 3.82. The Morgan fingerprint density at radius 2 is 2.06 bits per heavy atom. The number of carbonyl (C=O) groups excluding carboxylic acids is 2. The molecule has 2 N–H and O–H groups in total. The number of rotatable bonds is 5. The molecule has 34 heavy (non-hydrogen) atoms. The smallest absolute Gasteiger partial charge is 0.414 e. The highest BCUT2D eigenvalue weighted by Gasteiger charge is 2.37. The summed E-state index contributed by atoms with van der Waals surface area (Å²) in [6.45, 7) is 2.45. The van der Waals surface area contributed by atoms with Crippen molar-refractivity contribution in [3.8, 4) is 0 Å². The van der Waals surface area contributed by atoms with Crippen LogP contribution >= 0.6 is 11.8 Å². The summed E-state index contributed by atoms with van der Waals surface area (Å²) in [5.74, 6) is 0.0199. The number of thioether (sulfide) groups is 1. The monoisotopic (exact) mass is 479 g/mol. The van der Waals surface area contributed by atoms with Crippen molar-refractivity contribution in [1.29, 1.82) is 0 Å². The summed E-state index contributed by atoms with van der Waals surface area (Å²) in [5.41, 5.74) is 2.99. The number of carbonyl (C=O) groups is 2. The second kappa shape index (κ2) is 8.44. The molecule has 0 saturated carbocycles. The second-order valence-electron chi connectivity index (χ2n) is 8.59. The van der Waals surface area contributed by atoms with Crippen LogP contribution in [0, 0.1) is 5.82 Å². The third-order valence-corrected chi connectivity index (χ3v) is 7.45. The summed E-state index contributed by atoms with van der Waals surface area (Å²) in [6.07, 6.45) is 0.933. The molecule has 3 aliphatic heterocycles. The van der Waals surface area contributed by atoms with Gasteiger partial charge in [-0.2, -0.15) is 0 Å². The summed E-state index contributed by atoms with van der Waals surface area (Å²) >= 11 is 1.48. The van der Waals surface area contributed by atoms with Gasteiger partial charge in [0.15, 0.2) is 0 Å². The molecule has 0 radical (unpaired) electrons. The third-order valence-electron chi connectivity index (χ3n) is 6.37. The molecule has 0 spiro atoms. The molecule has 4 heterocycles. The Hall–Kier alpha value is -3.37. The first-order valence-corrected chi connectivity index (χ1v) is 12.1. The minimum absolute atomic E-state index is 0.0534. The molecule has 1 atom stereocenters. The molecular weight excluding hydrogens is 457 g/mol. The lowest BCUT2D eigenvalue weighted by Gasteiger charge is -2.41. The number of halogens is 1. The van der Waals surface area contributed by atoms with E-state index in [1.54, 1.807) is 17.2 Å². The van der Waals surface area contributed by atoms with Crippen molar-refractivity contribution in [3.63, 3.8) is 0 Å². The zero-order valence-electron chi connectivity index (χ0n) is 18.2. The van der Waals surface area contributed by atoms with Crippen LogP contribution < -0.4 is 20.4 Å². The van der Waals surface area contributed by atoms with Crippen LogP contribution in [0.3, 0.4) is 0 Å². The number of cyclic esters (lactones) is 1. The molecule has 2 amide bonds. The standard InChI is InChI=1S/C24H22FN5O3S/c25-14-1-3-19-18(7-14)21(5-6-27-19)29(16-9-26-10-16)11-17-12-30(24(32)33-17)15-2-4-22-20(8-15)28-23(31)13-34-22/h1-8,16-17,26H,9-13H2,(H,28,31)/t17-/m1/s1. The average Bonchev–Trinajstić information content (AvgIpc) is 3.16. The van der Waals surface area contributed by atoms with Gasteiger partial charge in [0.05, 0.1) is 36.1 Å². The molecule has 0 unspecified atom stereocenters. The number of hydrogen-bond acceptors (Lipinski definition) is 7. The van der Waals surface area contributed by atoms with Gasteiger partial charge in [-0.3, -0.25) is 14.7 Å². The average molecular weight is 480 g/mol. The summed E-state index contributed by atoms with van der Waals surface area (Å²) in [5, 5.41) is 6.89. The maximum atomic E-state index is 14.1. The number of fused-ring (bicyclic) bond motifs is 2. The quantitative estimate of drug-likeness (QED) is 0.581. The Morgan fingerprint density at radius 3 is 2.88 bits per heavy atom. The molecule has 3 aliphatic rings. The first-order valence-electron chi connectivity index (χ1n) is 11.1. The lowest BCUT2D eigenvalue weighted by molar-refractivity contribution is -0.113. The van der Waals surface area contributed by atoms with E-state index in [0.717, 1.165) is 34.6 Å². The van der Waals surface area contributed by atoms with Crippen molar-refractivity contribution in [3.05, 3.63) is 54.5 Å². The molecule has 3 aromatic rings. The van der Waals surface area contributed by atoms with Crippen LogP contribution in [0.5, 0.6) is 0 Å². The Morgan fingerprint density at radius 1 is 1.18 bits per heavy atom. The highest BCUT2D eigenvalue weighted by molar-refractivity contribution is 8.00. The minimum atomic E-state index is -0.419. The fourth-order valence-corrected chi connectivity index (χ4v) is 5.37. The molecule has 2 saturated heterocycles. The van der Waals surface area contributed by atoms with Crippen LogP contribution in [-0.2, 0) is 9.53 Å². The van der Waals surface area contributed by atoms with Gasteiger partial charge in [0, 0.05) is 40.9 Å². The Labute approximate surface area is 199 Å². The molecule has 6 rings (SSSR count). The number of hydrogen-bond donors (Lipinski definition) is 2. The highest BCUT2D eigenvalue weighted by Crippen LogP contribution is 2.36. The lowest BCUT2D eigenvalue weighted by Crippen LogP contribution is -2.59. The Bertz CT molecular complexity index is 1300. The first-order chi connectivity index (χ1) is 16.5. The number of anilines is 3. The van der Waals surface area contributed by atoms with E-state index in [1.165, 1.54) is 23.9 Å². The maximum absolute atomic E-state index is 14.1. The van der Waals surface area contributed by atoms with Gasteiger partial charge < -0.3 is 20.3 Å². The fraction of sp³-hybridized carbons (Fsp3) is 0.292. The molecule has 0 bridgehead atoms. The van der Waals surface area contributed by atoms with Gasteiger partial charge in [-0.05, 0) is 42.5 Å². The van der Waals surface area contributed by atoms with Crippen LogP contribution in [-0.4, -0.2) is 61.1 Å².